The summed E-state index contributed by atoms with van der Waals surface area (Å²) in [6, 6.07) is 9.37. The predicted molar refractivity (Wildman–Crippen MR) is 121 cm³/mol. The highest BCUT2D eigenvalue weighted by atomic mass is 79.9. The van der Waals surface area contributed by atoms with E-state index in [1.165, 1.54) is 7.11 Å². The maximum absolute atomic E-state index is 12.0. The van der Waals surface area contributed by atoms with Crippen LogP contribution in [0.4, 0.5) is 4.79 Å². The summed E-state index contributed by atoms with van der Waals surface area (Å²) in [5, 5.41) is 12.4. The van der Waals surface area contributed by atoms with E-state index in [9.17, 15) is 14.7 Å². The molecule has 0 spiro atoms. The van der Waals surface area contributed by atoms with E-state index in [1.54, 1.807) is 51.1 Å². The second-order valence-corrected chi connectivity index (χ2v) is 9.07. The van der Waals surface area contributed by atoms with Crippen LogP contribution in [-0.4, -0.2) is 35.9 Å². The molecule has 1 amide bonds. The molecule has 0 heterocycles. The summed E-state index contributed by atoms with van der Waals surface area (Å²) in [6.45, 7) is 5.27. The summed E-state index contributed by atoms with van der Waals surface area (Å²) < 4.78 is 17.2. The number of halogens is 2. The van der Waals surface area contributed by atoms with Crippen LogP contribution >= 0.6 is 27.5 Å². The molecule has 0 aromatic heterocycles. The third kappa shape index (κ3) is 7.95. The maximum Gasteiger partial charge on any atom is 0.408 e. The molecule has 0 aliphatic carbocycles. The number of ether oxygens (including phenoxy) is 3. The van der Waals surface area contributed by atoms with Crippen LogP contribution in [0, 0.1) is 0 Å². The van der Waals surface area contributed by atoms with Gasteiger partial charge in [0.15, 0.2) is 0 Å². The Morgan fingerprint density at radius 1 is 1.16 bits per heavy atom. The molecule has 2 aromatic carbocycles. The standard InChI is InChI=1S/C22H25BrClNO6/c1-22(2,3)31-21(28)25-17(20(26)27)10-13-5-7-18(29-4)14(9-13)12-30-19-8-6-15(23)11-16(19)24/h5-9,11,17H,10,12H2,1-4H3,(H,25,28)(H,26,27). The van der Waals surface area contributed by atoms with Crippen molar-refractivity contribution in [2.45, 2.75) is 45.4 Å². The first-order chi connectivity index (χ1) is 14.5. The number of hydrogen-bond acceptors (Lipinski definition) is 5. The summed E-state index contributed by atoms with van der Waals surface area (Å²) in [4.78, 5) is 23.6. The quantitative estimate of drug-likeness (QED) is 0.502. The van der Waals surface area contributed by atoms with Crippen molar-refractivity contribution < 1.29 is 28.9 Å². The molecule has 31 heavy (non-hydrogen) atoms. The van der Waals surface area contributed by atoms with Gasteiger partial charge in [0.05, 0.1) is 12.1 Å². The second-order valence-electron chi connectivity index (χ2n) is 7.75. The van der Waals surface area contributed by atoms with Crippen molar-refractivity contribution in [2.24, 2.45) is 0 Å². The lowest BCUT2D eigenvalue weighted by atomic mass is 10.0. The number of carboxylic acids is 1. The molecule has 2 rings (SSSR count). The Bertz CT molecular complexity index is 944. The molecule has 2 aromatic rings. The fourth-order valence-electron chi connectivity index (χ4n) is 2.71. The first-order valence-electron chi connectivity index (χ1n) is 9.44. The number of aliphatic carboxylic acids is 1. The number of amides is 1. The molecular formula is C22H25BrClNO6. The highest BCUT2D eigenvalue weighted by molar-refractivity contribution is 9.10. The summed E-state index contributed by atoms with van der Waals surface area (Å²) in [5.41, 5.74) is 0.664. The van der Waals surface area contributed by atoms with Crippen LogP contribution in [0.15, 0.2) is 40.9 Å². The SMILES string of the molecule is COc1ccc(CC(NC(=O)OC(C)(C)C)C(=O)O)cc1COc1ccc(Br)cc1Cl. The molecule has 2 N–H and O–H groups in total. The number of benzene rings is 2. The Hall–Kier alpha value is -2.45. The zero-order valence-electron chi connectivity index (χ0n) is 17.7. The van der Waals surface area contributed by atoms with Crippen LogP contribution in [0.25, 0.3) is 0 Å². The fraction of sp³-hybridized carbons (Fsp3) is 0.364. The third-order valence-corrected chi connectivity index (χ3v) is 4.84. The Kier molecular flexibility index (Phi) is 8.59. The number of carbonyl (C=O) groups is 2. The van der Waals surface area contributed by atoms with E-state index in [4.69, 9.17) is 25.8 Å². The molecule has 0 fully saturated rings. The number of hydrogen-bond donors (Lipinski definition) is 2. The van der Waals surface area contributed by atoms with E-state index in [0.29, 0.717) is 27.6 Å². The zero-order valence-corrected chi connectivity index (χ0v) is 20.0. The molecule has 7 nitrogen and oxygen atoms in total. The number of carboxylic acid groups (broad SMARTS) is 1. The summed E-state index contributed by atoms with van der Waals surface area (Å²) in [7, 11) is 1.54. The molecule has 0 radical (unpaired) electrons. The Labute approximate surface area is 194 Å². The topological polar surface area (TPSA) is 94.1 Å². The van der Waals surface area contributed by atoms with Crippen molar-refractivity contribution in [2.75, 3.05) is 7.11 Å². The van der Waals surface area contributed by atoms with Gasteiger partial charge in [0.1, 0.15) is 29.7 Å². The van der Waals surface area contributed by atoms with Crippen LogP contribution in [0.3, 0.4) is 0 Å². The van der Waals surface area contributed by atoms with E-state index in [-0.39, 0.29) is 13.0 Å². The third-order valence-electron chi connectivity index (χ3n) is 4.05. The Morgan fingerprint density at radius 3 is 2.42 bits per heavy atom. The van der Waals surface area contributed by atoms with E-state index in [1.807, 2.05) is 6.07 Å². The zero-order chi connectivity index (χ0) is 23.2. The molecule has 0 aliphatic heterocycles. The van der Waals surface area contributed by atoms with Gasteiger partial charge < -0.3 is 24.6 Å². The van der Waals surface area contributed by atoms with Gasteiger partial charge in [-0.25, -0.2) is 9.59 Å². The van der Waals surface area contributed by atoms with Crippen molar-refractivity contribution >= 4 is 39.6 Å². The minimum absolute atomic E-state index is 0.0601. The van der Waals surface area contributed by atoms with Gasteiger partial charge in [0.25, 0.3) is 0 Å². The van der Waals surface area contributed by atoms with Gasteiger partial charge in [-0.3, -0.25) is 0 Å². The molecular weight excluding hydrogens is 490 g/mol. The van der Waals surface area contributed by atoms with E-state index in [2.05, 4.69) is 21.2 Å². The maximum atomic E-state index is 12.0. The van der Waals surface area contributed by atoms with Gasteiger partial charge in [0, 0.05) is 16.5 Å². The minimum Gasteiger partial charge on any atom is -0.496 e. The van der Waals surface area contributed by atoms with E-state index < -0.39 is 23.7 Å². The molecule has 0 saturated heterocycles. The average Bonchev–Trinajstić information content (AvgIpc) is 2.65. The highest BCUT2D eigenvalue weighted by Crippen LogP contribution is 2.30. The average molecular weight is 515 g/mol. The van der Waals surface area contributed by atoms with Crippen LogP contribution < -0.4 is 14.8 Å². The van der Waals surface area contributed by atoms with Crippen LogP contribution in [0.5, 0.6) is 11.5 Å². The monoisotopic (exact) mass is 513 g/mol. The Morgan fingerprint density at radius 2 is 1.84 bits per heavy atom. The lowest BCUT2D eigenvalue weighted by Gasteiger charge is -2.22. The van der Waals surface area contributed by atoms with Crippen molar-refractivity contribution in [1.82, 2.24) is 5.32 Å². The van der Waals surface area contributed by atoms with Gasteiger partial charge >= 0.3 is 12.1 Å². The molecule has 0 saturated carbocycles. The van der Waals surface area contributed by atoms with Gasteiger partial charge in [-0.1, -0.05) is 33.6 Å². The molecule has 9 heteroatoms. The fourth-order valence-corrected chi connectivity index (χ4v) is 3.43. The first kappa shape index (κ1) is 24.8. The number of alkyl carbamates (subject to hydrolysis) is 1. The molecule has 1 unspecified atom stereocenters. The number of rotatable bonds is 8. The van der Waals surface area contributed by atoms with Gasteiger partial charge in [-0.2, -0.15) is 0 Å². The lowest BCUT2D eigenvalue weighted by Crippen LogP contribution is -2.44. The number of methoxy groups -OCH3 is 1. The van der Waals surface area contributed by atoms with Crippen LogP contribution in [0.1, 0.15) is 31.9 Å². The summed E-state index contributed by atoms with van der Waals surface area (Å²) >= 11 is 9.54. The minimum atomic E-state index is -1.17. The first-order valence-corrected chi connectivity index (χ1v) is 10.6. The summed E-state index contributed by atoms with van der Waals surface area (Å²) in [6.07, 6.45) is -0.730. The largest absolute Gasteiger partial charge is 0.496 e. The molecule has 1 atom stereocenters. The van der Waals surface area contributed by atoms with Crippen LogP contribution in [-0.2, 0) is 22.6 Å². The molecule has 0 bridgehead atoms. The van der Waals surface area contributed by atoms with Crippen molar-refractivity contribution in [3.8, 4) is 11.5 Å². The number of carbonyl (C=O) groups excluding carboxylic acids is 1. The molecule has 168 valence electrons. The smallest absolute Gasteiger partial charge is 0.408 e. The predicted octanol–water partition coefficient (Wildman–Crippen LogP) is 5.21. The van der Waals surface area contributed by atoms with Gasteiger partial charge in [-0.05, 0) is 56.7 Å². The normalized spacial score (nSPS) is 12.1. The lowest BCUT2D eigenvalue weighted by molar-refractivity contribution is -0.139. The van der Waals surface area contributed by atoms with Gasteiger partial charge in [0.2, 0.25) is 0 Å². The van der Waals surface area contributed by atoms with E-state index in [0.717, 1.165) is 4.47 Å². The number of nitrogens with one attached hydrogen (secondary N) is 1. The molecule has 0 aliphatic rings. The van der Waals surface area contributed by atoms with Gasteiger partial charge in [-0.15, -0.1) is 0 Å². The van der Waals surface area contributed by atoms with Crippen molar-refractivity contribution in [3.05, 3.63) is 57.0 Å². The summed E-state index contributed by atoms with van der Waals surface area (Å²) in [5.74, 6) is -0.0718. The second kappa shape index (κ2) is 10.7. The Balaban J connectivity index is 2.15. The van der Waals surface area contributed by atoms with E-state index >= 15 is 0 Å². The van der Waals surface area contributed by atoms with Crippen molar-refractivity contribution in [3.63, 3.8) is 0 Å². The highest BCUT2D eigenvalue weighted by Gasteiger charge is 2.24. The van der Waals surface area contributed by atoms with Crippen LogP contribution in [0.2, 0.25) is 5.02 Å². The van der Waals surface area contributed by atoms with Crippen molar-refractivity contribution in [1.29, 1.82) is 0 Å².